The average molecular weight is 414 g/mol. The summed E-state index contributed by atoms with van der Waals surface area (Å²) in [6.07, 6.45) is 8.31. The van der Waals surface area contributed by atoms with Crippen LogP contribution in [0.4, 0.5) is 10.5 Å². The lowest BCUT2D eigenvalue weighted by Gasteiger charge is -2.39. The van der Waals surface area contributed by atoms with Crippen LogP contribution in [0.1, 0.15) is 24.0 Å². The number of benzene rings is 1. The molecule has 4 rings (SSSR count). The number of nitrogens with zero attached hydrogens (tertiary/aromatic N) is 3. The highest BCUT2D eigenvalue weighted by Crippen LogP contribution is 2.37. The molecule has 1 aliphatic heterocycles. The van der Waals surface area contributed by atoms with Crippen molar-refractivity contribution >= 4 is 23.5 Å². The predicted molar refractivity (Wildman–Crippen MR) is 115 cm³/mol. The average Bonchev–Trinajstić information content (AvgIpc) is 2.81. The molecule has 0 atom stereocenters. The highest BCUT2D eigenvalue weighted by molar-refractivity contribution is 6.29. The number of pyridine rings is 2. The number of hydrogen-bond acceptors (Lipinski definition) is 5. The van der Waals surface area contributed by atoms with Crippen LogP contribution in [0.15, 0.2) is 79.4 Å². The summed E-state index contributed by atoms with van der Waals surface area (Å²) in [5.74, 6) is -1.03. The lowest BCUT2D eigenvalue weighted by Crippen LogP contribution is -2.64. The first-order valence-electron chi connectivity index (χ1n) is 10.1. The first-order valence-corrected chi connectivity index (χ1v) is 10.1. The van der Waals surface area contributed by atoms with E-state index in [-0.39, 0.29) is 12.8 Å². The van der Waals surface area contributed by atoms with Crippen LogP contribution in [0.2, 0.25) is 0 Å². The van der Waals surface area contributed by atoms with Gasteiger partial charge in [0.15, 0.2) is 0 Å². The number of urea groups is 1. The van der Waals surface area contributed by atoms with Gasteiger partial charge in [0, 0.05) is 24.8 Å². The van der Waals surface area contributed by atoms with Crippen LogP contribution in [-0.2, 0) is 22.4 Å². The summed E-state index contributed by atoms with van der Waals surface area (Å²) < 4.78 is 0. The molecule has 0 radical (unpaired) electrons. The number of rotatable bonds is 7. The maximum atomic E-state index is 13.7. The number of nitrogens with one attached hydrogen (secondary N) is 1. The van der Waals surface area contributed by atoms with E-state index in [9.17, 15) is 14.4 Å². The molecule has 2 aromatic heterocycles. The molecule has 31 heavy (non-hydrogen) atoms. The van der Waals surface area contributed by atoms with Gasteiger partial charge < -0.3 is 0 Å². The molecule has 1 aromatic carbocycles. The van der Waals surface area contributed by atoms with Crippen molar-refractivity contribution in [3.63, 3.8) is 0 Å². The normalized spacial score (nSPS) is 15.6. The molecule has 7 nitrogen and oxygen atoms in total. The van der Waals surface area contributed by atoms with Crippen molar-refractivity contribution in [3.05, 3.63) is 90.5 Å². The molecule has 4 amide bonds. The molecular weight excluding hydrogens is 392 g/mol. The number of barbiturate groups is 1. The van der Waals surface area contributed by atoms with Crippen LogP contribution in [0.5, 0.6) is 0 Å². The summed E-state index contributed by atoms with van der Waals surface area (Å²) >= 11 is 0. The molecule has 7 heteroatoms. The van der Waals surface area contributed by atoms with E-state index in [0.717, 1.165) is 16.0 Å². The zero-order valence-electron chi connectivity index (χ0n) is 16.9. The van der Waals surface area contributed by atoms with Crippen LogP contribution in [0, 0.1) is 5.41 Å². The van der Waals surface area contributed by atoms with E-state index in [4.69, 9.17) is 0 Å². The smallest absolute Gasteiger partial charge is 0.276 e. The molecular formula is C24H22N4O3. The zero-order valence-corrected chi connectivity index (χ0v) is 16.9. The Morgan fingerprint density at radius 3 is 1.77 bits per heavy atom. The number of carbonyl (C=O) groups is 3. The summed E-state index contributed by atoms with van der Waals surface area (Å²) in [4.78, 5) is 48.6. The third kappa shape index (κ3) is 4.21. The van der Waals surface area contributed by atoms with E-state index < -0.39 is 23.3 Å². The lowest BCUT2D eigenvalue weighted by molar-refractivity contribution is -0.143. The summed E-state index contributed by atoms with van der Waals surface area (Å²) in [6, 6.07) is 15.4. The second kappa shape index (κ2) is 8.87. The van der Waals surface area contributed by atoms with Crippen molar-refractivity contribution in [1.82, 2.24) is 15.3 Å². The summed E-state index contributed by atoms with van der Waals surface area (Å²) in [5, 5.41) is 2.42. The van der Waals surface area contributed by atoms with Gasteiger partial charge in [-0.3, -0.25) is 24.9 Å². The molecule has 1 aliphatic rings. The molecule has 3 aromatic rings. The Balaban J connectivity index is 1.68. The monoisotopic (exact) mass is 414 g/mol. The van der Waals surface area contributed by atoms with E-state index in [1.54, 1.807) is 55.1 Å². The zero-order chi connectivity index (χ0) is 21.7. The van der Waals surface area contributed by atoms with Crippen molar-refractivity contribution in [2.24, 2.45) is 5.41 Å². The van der Waals surface area contributed by atoms with Crippen LogP contribution in [0.3, 0.4) is 0 Å². The third-order valence-electron chi connectivity index (χ3n) is 5.66. The highest BCUT2D eigenvalue weighted by Gasteiger charge is 2.53. The van der Waals surface area contributed by atoms with Gasteiger partial charge in [0.2, 0.25) is 5.91 Å². The van der Waals surface area contributed by atoms with Gasteiger partial charge >= 0.3 is 6.03 Å². The number of carbonyl (C=O) groups excluding carboxylic acids is 3. The third-order valence-corrected chi connectivity index (χ3v) is 5.66. The van der Waals surface area contributed by atoms with Gasteiger partial charge in [-0.05, 0) is 73.2 Å². The van der Waals surface area contributed by atoms with Crippen molar-refractivity contribution in [2.75, 3.05) is 4.90 Å². The van der Waals surface area contributed by atoms with Gasteiger partial charge in [-0.25, -0.2) is 9.69 Å². The number of aryl methyl sites for hydroxylation is 2. The Kier molecular flexibility index (Phi) is 5.84. The minimum absolute atomic E-state index is 0.281. The number of para-hydroxylation sites is 1. The van der Waals surface area contributed by atoms with E-state index in [0.29, 0.717) is 18.5 Å². The number of hydrogen-bond donors (Lipinski definition) is 1. The van der Waals surface area contributed by atoms with Gasteiger partial charge in [0.25, 0.3) is 5.91 Å². The molecule has 3 heterocycles. The maximum absolute atomic E-state index is 13.7. The minimum atomic E-state index is -1.36. The van der Waals surface area contributed by atoms with Crippen molar-refractivity contribution in [3.8, 4) is 0 Å². The van der Waals surface area contributed by atoms with E-state index >= 15 is 0 Å². The van der Waals surface area contributed by atoms with Crippen LogP contribution in [-0.4, -0.2) is 27.8 Å². The minimum Gasteiger partial charge on any atom is -0.276 e. The van der Waals surface area contributed by atoms with Crippen molar-refractivity contribution in [1.29, 1.82) is 0 Å². The fourth-order valence-corrected chi connectivity index (χ4v) is 3.87. The second-order valence-corrected chi connectivity index (χ2v) is 7.53. The molecule has 0 saturated carbocycles. The maximum Gasteiger partial charge on any atom is 0.335 e. The summed E-state index contributed by atoms with van der Waals surface area (Å²) in [6.45, 7) is 0. The second-order valence-electron chi connectivity index (χ2n) is 7.53. The van der Waals surface area contributed by atoms with E-state index in [2.05, 4.69) is 15.3 Å². The standard InChI is InChI=1S/C24H22N4O3/c29-21-24(12-6-18-8-14-25-15-9-18,13-7-19-10-16-26-17-11-19)22(30)28(23(31)27-21)20-4-2-1-3-5-20/h1-5,8-11,14-17H,6-7,12-13H2,(H,27,29,31). The fraction of sp³-hybridized carbons (Fsp3) is 0.208. The fourth-order valence-electron chi connectivity index (χ4n) is 3.87. The first kappa shape index (κ1) is 20.4. The number of aromatic nitrogens is 2. The van der Waals surface area contributed by atoms with Gasteiger partial charge in [-0.15, -0.1) is 0 Å². The van der Waals surface area contributed by atoms with Crippen LogP contribution in [0.25, 0.3) is 0 Å². The Labute approximate surface area is 180 Å². The topological polar surface area (TPSA) is 92.3 Å². The van der Waals surface area contributed by atoms with Gasteiger partial charge in [-0.2, -0.15) is 0 Å². The van der Waals surface area contributed by atoms with Crippen molar-refractivity contribution < 1.29 is 14.4 Å². The molecule has 1 N–H and O–H groups in total. The van der Waals surface area contributed by atoms with Crippen LogP contribution < -0.4 is 10.2 Å². The SMILES string of the molecule is O=C1NC(=O)C(CCc2ccncc2)(CCc2ccncc2)C(=O)N1c1ccccc1. The molecule has 1 saturated heterocycles. The van der Waals surface area contributed by atoms with E-state index in [1.807, 2.05) is 24.3 Å². The summed E-state index contributed by atoms with van der Waals surface area (Å²) in [7, 11) is 0. The van der Waals surface area contributed by atoms with Crippen LogP contribution >= 0.6 is 0 Å². The number of anilines is 1. The van der Waals surface area contributed by atoms with Gasteiger partial charge in [-0.1, -0.05) is 18.2 Å². The van der Waals surface area contributed by atoms with E-state index in [1.165, 1.54) is 0 Å². The molecule has 0 unspecified atom stereocenters. The summed E-state index contributed by atoms with van der Waals surface area (Å²) in [5.41, 5.74) is 1.02. The van der Waals surface area contributed by atoms with Crippen molar-refractivity contribution in [2.45, 2.75) is 25.7 Å². The van der Waals surface area contributed by atoms with Gasteiger partial charge in [0.05, 0.1) is 5.69 Å². The number of amides is 4. The Hall–Kier alpha value is -3.87. The largest absolute Gasteiger partial charge is 0.335 e. The Bertz CT molecular complexity index is 1030. The molecule has 0 bridgehead atoms. The predicted octanol–water partition coefficient (Wildman–Crippen LogP) is 3.31. The Morgan fingerprint density at radius 1 is 0.742 bits per heavy atom. The molecule has 156 valence electrons. The molecule has 0 aliphatic carbocycles. The quantitative estimate of drug-likeness (QED) is 0.599. The number of imide groups is 2. The Morgan fingerprint density at radius 2 is 1.26 bits per heavy atom. The highest BCUT2D eigenvalue weighted by atomic mass is 16.2. The molecule has 0 spiro atoms. The molecule has 1 fully saturated rings. The first-order chi connectivity index (χ1) is 15.1. The lowest BCUT2D eigenvalue weighted by atomic mass is 9.74. The van der Waals surface area contributed by atoms with Gasteiger partial charge in [0.1, 0.15) is 5.41 Å².